The Morgan fingerprint density at radius 1 is 1.45 bits per heavy atom. The Kier molecular flexibility index (Phi) is 6.61. The highest BCUT2D eigenvalue weighted by Crippen LogP contribution is 2.23. The summed E-state index contributed by atoms with van der Waals surface area (Å²) >= 11 is 7.33. The lowest BCUT2D eigenvalue weighted by atomic mass is 10.2. The quantitative estimate of drug-likeness (QED) is 0.575. The maximum Gasteiger partial charge on any atom is 0.230 e. The van der Waals surface area contributed by atoms with E-state index in [1.165, 1.54) is 11.3 Å². The molecule has 0 aliphatic rings. The van der Waals surface area contributed by atoms with E-state index in [1.807, 2.05) is 13.0 Å². The first-order valence-electron chi connectivity index (χ1n) is 6.04. The van der Waals surface area contributed by atoms with Gasteiger partial charge in [0.1, 0.15) is 0 Å². The Balaban J connectivity index is 0.00000242. The van der Waals surface area contributed by atoms with Crippen LogP contribution in [0.5, 0.6) is 0 Å². The third kappa shape index (κ3) is 5.18. The molecule has 5 N–H and O–H groups in total. The molecule has 0 spiro atoms. The van der Waals surface area contributed by atoms with Gasteiger partial charge in [0.15, 0.2) is 5.96 Å². The van der Waals surface area contributed by atoms with Crippen molar-refractivity contribution in [1.82, 2.24) is 4.98 Å². The van der Waals surface area contributed by atoms with Gasteiger partial charge in [0.05, 0.1) is 22.8 Å². The van der Waals surface area contributed by atoms with Gasteiger partial charge in [-0.2, -0.15) is 4.99 Å². The first kappa shape index (κ1) is 18.2. The van der Waals surface area contributed by atoms with Crippen molar-refractivity contribution in [2.45, 2.75) is 13.3 Å². The molecule has 1 amide bonds. The number of nitrogens with two attached hydrogens (primary N) is 2. The lowest BCUT2D eigenvalue weighted by Gasteiger charge is -2.06. The van der Waals surface area contributed by atoms with Crippen LogP contribution in [-0.2, 0) is 11.2 Å². The summed E-state index contributed by atoms with van der Waals surface area (Å²) in [5.41, 5.74) is 12.7. The highest BCUT2D eigenvalue weighted by Gasteiger charge is 2.10. The molecule has 0 saturated carbocycles. The van der Waals surface area contributed by atoms with Crippen molar-refractivity contribution in [3.05, 3.63) is 39.9 Å². The molecule has 1 aromatic carbocycles. The molecule has 1 heterocycles. The maximum absolute atomic E-state index is 12.0. The molecule has 1 aromatic heterocycles. The highest BCUT2D eigenvalue weighted by atomic mass is 35.5. The molecule has 0 radical (unpaired) electrons. The minimum Gasteiger partial charge on any atom is -0.370 e. The van der Waals surface area contributed by atoms with Crippen molar-refractivity contribution in [1.29, 1.82) is 0 Å². The summed E-state index contributed by atoms with van der Waals surface area (Å²) in [5.74, 6) is -0.269. The van der Waals surface area contributed by atoms with Crippen LogP contribution in [0.3, 0.4) is 0 Å². The number of anilines is 1. The molecular weight excluding hydrogens is 345 g/mol. The average Bonchev–Trinajstić information content (AvgIpc) is 2.79. The van der Waals surface area contributed by atoms with E-state index in [0.29, 0.717) is 21.5 Å². The topological polar surface area (TPSA) is 106 Å². The van der Waals surface area contributed by atoms with Crippen LogP contribution in [0.15, 0.2) is 28.6 Å². The number of carbonyl (C=O) groups excluding carboxylic acids is 1. The zero-order valence-electron chi connectivity index (χ0n) is 11.7. The Morgan fingerprint density at radius 3 is 2.82 bits per heavy atom. The summed E-state index contributed by atoms with van der Waals surface area (Å²) in [6.45, 7) is 1.93. The summed E-state index contributed by atoms with van der Waals surface area (Å²) in [7, 11) is 0. The summed E-state index contributed by atoms with van der Waals surface area (Å²) in [6, 6.07) is 5.43. The summed E-state index contributed by atoms with van der Waals surface area (Å²) in [6.07, 6.45) is 0.126. The largest absolute Gasteiger partial charge is 0.370 e. The van der Waals surface area contributed by atoms with Crippen LogP contribution in [0.1, 0.15) is 11.3 Å². The molecule has 118 valence electrons. The Labute approximate surface area is 143 Å². The summed E-state index contributed by atoms with van der Waals surface area (Å²) in [4.78, 5) is 19.9. The molecule has 0 fully saturated rings. The number of nitrogens with one attached hydrogen (secondary N) is 1. The SMILES string of the molecule is Cc1ccc(NC(=O)Cc2csc(N=C(N)N)n2)c(Cl)c1.Cl. The number of rotatable bonds is 4. The Hall–Kier alpha value is -1.83. The number of hydrogen-bond donors (Lipinski definition) is 3. The lowest BCUT2D eigenvalue weighted by molar-refractivity contribution is -0.115. The molecule has 0 saturated heterocycles. The maximum atomic E-state index is 12.0. The molecule has 0 unspecified atom stereocenters. The van der Waals surface area contributed by atoms with Crippen LogP contribution >= 0.6 is 35.3 Å². The highest BCUT2D eigenvalue weighted by molar-refractivity contribution is 7.13. The van der Waals surface area contributed by atoms with E-state index in [-0.39, 0.29) is 30.7 Å². The van der Waals surface area contributed by atoms with Crippen molar-refractivity contribution in [2.75, 3.05) is 5.32 Å². The predicted octanol–water partition coefficient (Wildman–Crippen LogP) is 2.61. The fourth-order valence-corrected chi connectivity index (χ4v) is 2.61. The van der Waals surface area contributed by atoms with Crippen LogP contribution in [0.4, 0.5) is 10.8 Å². The number of thiazole rings is 1. The van der Waals surface area contributed by atoms with Crippen LogP contribution in [0, 0.1) is 6.92 Å². The normalized spacial score (nSPS) is 9.73. The van der Waals surface area contributed by atoms with Crippen molar-refractivity contribution < 1.29 is 4.79 Å². The van der Waals surface area contributed by atoms with E-state index in [2.05, 4.69) is 15.3 Å². The number of aromatic nitrogens is 1. The summed E-state index contributed by atoms with van der Waals surface area (Å²) in [5, 5.41) is 5.40. The van der Waals surface area contributed by atoms with Crippen LogP contribution in [-0.4, -0.2) is 16.9 Å². The number of benzene rings is 1. The first-order valence-corrected chi connectivity index (χ1v) is 7.30. The molecule has 9 heteroatoms. The molecule has 0 bridgehead atoms. The molecule has 2 aromatic rings. The lowest BCUT2D eigenvalue weighted by Crippen LogP contribution is -2.21. The van der Waals surface area contributed by atoms with Crippen molar-refractivity contribution >= 4 is 58.0 Å². The number of nitrogens with zero attached hydrogens (tertiary/aromatic N) is 2. The number of guanidine groups is 1. The predicted molar refractivity (Wildman–Crippen MR) is 93.4 cm³/mol. The second-order valence-electron chi connectivity index (χ2n) is 4.37. The molecule has 22 heavy (non-hydrogen) atoms. The third-order valence-corrected chi connectivity index (χ3v) is 3.60. The number of hydrogen-bond acceptors (Lipinski definition) is 4. The van der Waals surface area contributed by atoms with Crippen molar-refractivity contribution in [2.24, 2.45) is 16.5 Å². The van der Waals surface area contributed by atoms with Gasteiger partial charge in [-0.3, -0.25) is 4.79 Å². The van der Waals surface area contributed by atoms with Crippen LogP contribution < -0.4 is 16.8 Å². The summed E-state index contributed by atoms with van der Waals surface area (Å²) < 4.78 is 0. The fourth-order valence-electron chi connectivity index (χ4n) is 1.62. The Morgan fingerprint density at radius 2 is 2.18 bits per heavy atom. The number of amides is 1. The molecule has 0 atom stereocenters. The van der Waals surface area contributed by atoms with E-state index in [9.17, 15) is 4.79 Å². The van der Waals surface area contributed by atoms with Gasteiger partial charge in [0.2, 0.25) is 11.0 Å². The minimum atomic E-state index is -0.206. The standard InChI is InChI=1S/C13H14ClN5OS.ClH/c1-7-2-3-10(9(14)4-7)18-11(20)5-8-6-21-13(17-8)19-12(15)16;/h2-4,6H,5H2,1H3,(H,18,20)(H4,15,16,17,19);1H. The zero-order valence-corrected chi connectivity index (χ0v) is 14.1. The first-order chi connectivity index (χ1) is 9.94. The van der Waals surface area contributed by atoms with Gasteiger partial charge in [0.25, 0.3) is 0 Å². The molecular formula is C13H15Cl2N5OS. The van der Waals surface area contributed by atoms with Crippen molar-refractivity contribution in [3.63, 3.8) is 0 Å². The average molecular weight is 360 g/mol. The number of halogens is 2. The Bertz CT molecular complexity index is 697. The van der Waals surface area contributed by atoms with Gasteiger partial charge >= 0.3 is 0 Å². The van der Waals surface area contributed by atoms with E-state index in [1.54, 1.807) is 17.5 Å². The van der Waals surface area contributed by atoms with Gasteiger partial charge in [-0.1, -0.05) is 17.7 Å². The van der Waals surface area contributed by atoms with E-state index < -0.39 is 0 Å². The smallest absolute Gasteiger partial charge is 0.230 e. The van der Waals surface area contributed by atoms with Gasteiger partial charge in [-0.05, 0) is 24.6 Å². The second-order valence-corrected chi connectivity index (χ2v) is 5.61. The second kappa shape index (κ2) is 7.98. The zero-order chi connectivity index (χ0) is 15.4. The van der Waals surface area contributed by atoms with Gasteiger partial charge in [-0.25, -0.2) is 4.98 Å². The number of carbonyl (C=O) groups is 1. The molecule has 0 aliphatic heterocycles. The number of aliphatic imine (C=N–C) groups is 1. The van der Waals surface area contributed by atoms with E-state index in [4.69, 9.17) is 23.1 Å². The molecule has 0 aliphatic carbocycles. The van der Waals surface area contributed by atoms with Crippen LogP contribution in [0.2, 0.25) is 5.02 Å². The van der Waals surface area contributed by atoms with Gasteiger partial charge < -0.3 is 16.8 Å². The minimum absolute atomic E-state index is 0. The molecule has 2 rings (SSSR count). The van der Waals surface area contributed by atoms with Gasteiger partial charge in [0, 0.05) is 5.38 Å². The van der Waals surface area contributed by atoms with Gasteiger partial charge in [-0.15, -0.1) is 23.7 Å². The van der Waals surface area contributed by atoms with E-state index in [0.717, 1.165) is 5.56 Å². The monoisotopic (exact) mass is 359 g/mol. The number of aryl methyl sites for hydroxylation is 1. The fraction of sp³-hybridized carbons (Fsp3) is 0.154. The third-order valence-electron chi connectivity index (χ3n) is 2.50. The van der Waals surface area contributed by atoms with E-state index >= 15 is 0 Å². The van der Waals surface area contributed by atoms with Crippen LogP contribution in [0.25, 0.3) is 0 Å². The molecule has 6 nitrogen and oxygen atoms in total. The van der Waals surface area contributed by atoms with Crippen molar-refractivity contribution in [3.8, 4) is 0 Å².